The quantitative estimate of drug-likeness (QED) is 0.594. The van der Waals surface area contributed by atoms with Gasteiger partial charge in [0.1, 0.15) is 12.6 Å². The van der Waals surface area contributed by atoms with Gasteiger partial charge in [0, 0.05) is 12.5 Å². The Morgan fingerprint density at radius 1 is 1.00 bits per heavy atom. The summed E-state index contributed by atoms with van der Waals surface area (Å²) in [5, 5.41) is 0. The third-order valence-electron chi connectivity index (χ3n) is 6.52. The maximum Gasteiger partial charge on any atom is 0.411 e. The van der Waals surface area contributed by atoms with Crippen molar-refractivity contribution in [2.45, 2.75) is 31.0 Å². The van der Waals surface area contributed by atoms with E-state index in [-0.39, 0.29) is 30.5 Å². The Morgan fingerprint density at radius 3 is 2.41 bits per heavy atom. The Balaban J connectivity index is 1.47. The summed E-state index contributed by atoms with van der Waals surface area (Å²) in [6, 6.07) is 19.4. The number of rotatable bonds is 4. The lowest BCUT2D eigenvalue weighted by molar-refractivity contribution is -0.163. The van der Waals surface area contributed by atoms with Crippen molar-refractivity contribution in [2.24, 2.45) is 5.92 Å². The fourth-order valence-corrected chi connectivity index (χ4v) is 5.03. The molecule has 0 aromatic heterocycles. The number of fused-ring (bicyclic) bond motifs is 1. The van der Waals surface area contributed by atoms with Gasteiger partial charge in [-0.05, 0) is 24.0 Å². The van der Waals surface area contributed by atoms with Crippen molar-refractivity contribution < 1.29 is 14.3 Å². The van der Waals surface area contributed by atoms with E-state index in [4.69, 9.17) is 4.74 Å². The van der Waals surface area contributed by atoms with Crippen LogP contribution >= 0.6 is 0 Å². The number of β-lactam (4-membered cyclic amide) rings is 1. The van der Waals surface area contributed by atoms with Crippen LogP contribution in [0.3, 0.4) is 0 Å². The van der Waals surface area contributed by atoms with Crippen LogP contribution in [0, 0.1) is 5.92 Å². The molecule has 3 saturated heterocycles. The van der Waals surface area contributed by atoms with E-state index in [1.165, 1.54) is 5.56 Å². The Kier molecular flexibility index (Phi) is 4.38. The van der Waals surface area contributed by atoms with Crippen LogP contribution in [0.25, 0.3) is 0 Å². The Labute approximate surface area is 170 Å². The van der Waals surface area contributed by atoms with Crippen molar-refractivity contribution in [1.82, 2.24) is 9.80 Å². The van der Waals surface area contributed by atoms with Crippen LogP contribution in [-0.4, -0.2) is 47.0 Å². The molecule has 5 heteroatoms. The summed E-state index contributed by atoms with van der Waals surface area (Å²) >= 11 is 0. The molecule has 0 radical (unpaired) electrons. The predicted octanol–water partition coefficient (Wildman–Crippen LogP) is 3.58. The van der Waals surface area contributed by atoms with Gasteiger partial charge in [-0.1, -0.05) is 72.8 Å². The summed E-state index contributed by atoms with van der Waals surface area (Å²) in [4.78, 5) is 29.3. The molecule has 2 amide bonds. The predicted molar refractivity (Wildman–Crippen MR) is 109 cm³/mol. The van der Waals surface area contributed by atoms with Gasteiger partial charge in [-0.15, -0.1) is 0 Å². The molecule has 4 atom stereocenters. The Morgan fingerprint density at radius 2 is 1.69 bits per heavy atom. The highest BCUT2D eigenvalue weighted by atomic mass is 16.6. The van der Waals surface area contributed by atoms with Crippen LogP contribution in [0.2, 0.25) is 0 Å². The summed E-state index contributed by atoms with van der Waals surface area (Å²) < 4.78 is 5.39. The standard InChI is InChI=1S/C24H24N2O3/c1-16-12-13-25-21(19(16)14-17-8-4-2-5-9-17)22(23(25)27)26-20(15-29-24(26)28)18-10-6-3-7-11-18/h2-11,19-22H,1,12-15H2/t19-,20-,21-,22+/m1/s1. The second-order valence-electron chi connectivity index (χ2n) is 8.08. The first-order chi connectivity index (χ1) is 14.1. The summed E-state index contributed by atoms with van der Waals surface area (Å²) in [6.07, 6.45) is 1.24. The summed E-state index contributed by atoms with van der Waals surface area (Å²) in [5.41, 5.74) is 3.39. The smallest absolute Gasteiger partial charge is 0.411 e. The van der Waals surface area contributed by atoms with Crippen molar-refractivity contribution >= 4 is 12.0 Å². The largest absolute Gasteiger partial charge is 0.447 e. The molecular formula is C24H24N2O3. The maximum atomic E-state index is 13.1. The van der Waals surface area contributed by atoms with Gasteiger partial charge in [0.05, 0.1) is 12.1 Å². The number of carbonyl (C=O) groups excluding carboxylic acids is 2. The third kappa shape index (κ3) is 2.92. The number of piperidine rings is 1. The van der Waals surface area contributed by atoms with E-state index in [1.807, 2.05) is 53.4 Å². The Bertz CT molecular complexity index is 943. The van der Waals surface area contributed by atoms with Gasteiger partial charge in [0.2, 0.25) is 5.91 Å². The highest BCUT2D eigenvalue weighted by molar-refractivity contribution is 5.93. The number of hydrogen-bond acceptors (Lipinski definition) is 3. The molecular weight excluding hydrogens is 364 g/mol. The van der Waals surface area contributed by atoms with Crippen molar-refractivity contribution in [3.8, 4) is 0 Å². The van der Waals surface area contributed by atoms with Crippen molar-refractivity contribution in [3.63, 3.8) is 0 Å². The SMILES string of the molecule is C=C1CCN2C(=O)[C@@H](N3C(=O)OC[C@@H]3c3ccccc3)[C@H]2[C@@H]1Cc1ccccc1. The molecule has 3 aliphatic rings. The van der Waals surface area contributed by atoms with E-state index < -0.39 is 12.1 Å². The lowest BCUT2D eigenvalue weighted by Crippen LogP contribution is -2.74. The van der Waals surface area contributed by atoms with Gasteiger partial charge >= 0.3 is 6.09 Å². The van der Waals surface area contributed by atoms with Crippen LogP contribution in [0.15, 0.2) is 72.8 Å². The molecule has 0 saturated carbocycles. The molecule has 2 aromatic rings. The van der Waals surface area contributed by atoms with Crippen molar-refractivity contribution in [2.75, 3.05) is 13.2 Å². The first-order valence-corrected chi connectivity index (χ1v) is 10.2. The van der Waals surface area contributed by atoms with Gasteiger partial charge < -0.3 is 9.64 Å². The second kappa shape index (κ2) is 7.07. The minimum absolute atomic E-state index is 0.0281. The van der Waals surface area contributed by atoms with Crippen LogP contribution in [0.4, 0.5) is 4.79 Å². The summed E-state index contributed by atoms with van der Waals surface area (Å²) in [6.45, 7) is 5.29. The lowest BCUT2D eigenvalue weighted by Gasteiger charge is -2.56. The first kappa shape index (κ1) is 18.0. The minimum Gasteiger partial charge on any atom is -0.447 e. The molecule has 0 aliphatic carbocycles. The Hall–Kier alpha value is -3.08. The molecule has 148 valence electrons. The highest BCUT2D eigenvalue weighted by Gasteiger charge is 2.59. The molecule has 3 fully saturated rings. The zero-order valence-corrected chi connectivity index (χ0v) is 16.2. The molecule has 2 aromatic carbocycles. The summed E-state index contributed by atoms with van der Waals surface area (Å²) in [5.74, 6) is 0.166. The lowest BCUT2D eigenvalue weighted by atomic mass is 9.72. The molecule has 0 spiro atoms. The average molecular weight is 388 g/mol. The number of nitrogens with zero attached hydrogens (tertiary/aromatic N) is 2. The number of cyclic esters (lactones) is 1. The van der Waals surface area contributed by atoms with Crippen LogP contribution in [0.5, 0.6) is 0 Å². The molecule has 29 heavy (non-hydrogen) atoms. The van der Waals surface area contributed by atoms with Crippen molar-refractivity contribution in [1.29, 1.82) is 0 Å². The van der Waals surface area contributed by atoms with Gasteiger partial charge in [-0.2, -0.15) is 0 Å². The van der Waals surface area contributed by atoms with E-state index >= 15 is 0 Å². The topological polar surface area (TPSA) is 49.9 Å². The summed E-state index contributed by atoms with van der Waals surface area (Å²) in [7, 11) is 0. The van der Waals surface area contributed by atoms with Crippen molar-refractivity contribution in [3.05, 3.63) is 83.9 Å². The maximum absolute atomic E-state index is 13.1. The van der Waals surface area contributed by atoms with E-state index in [0.29, 0.717) is 6.54 Å². The van der Waals surface area contributed by atoms with Crippen LogP contribution in [-0.2, 0) is 16.0 Å². The zero-order valence-electron chi connectivity index (χ0n) is 16.2. The molecule has 3 aliphatic heterocycles. The second-order valence-corrected chi connectivity index (χ2v) is 8.08. The average Bonchev–Trinajstić information content (AvgIpc) is 3.12. The number of hydrogen-bond donors (Lipinski definition) is 0. The van der Waals surface area contributed by atoms with Gasteiger partial charge in [0.15, 0.2) is 0 Å². The fourth-order valence-electron chi connectivity index (χ4n) is 5.03. The van der Waals surface area contributed by atoms with E-state index in [1.54, 1.807) is 4.90 Å². The third-order valence-corrected chi connectivity index (χ3v) is 6.52. The molecule has 5 nitrogen and oxygen atoms in total. The monoisotopic (exact) mass is 388 g/mol. The van der Waals surface area contributed by atoms with Gasteiger partial charge in [-0.3, -0.25) is 9.69 Å². The molecule has 0 unspecified atom stereocenters. The minimum atomic E-state index is -0.485. The molecule has 0 bridgehead atoms. The van der Waals surface area contributed by atoms with Crippen LogP contribution < -0.4 is 0 Å². The number of amides is 2. The van der Waals surface area contributed by atoms with E-state index in [2.05, 4.69) is 18.7 Å². The fraction of sp³-hybridized carbons (Fsp3) is 0.333. The normalized spacial score (nSPS) is 28.8. The van der Waals surface area contributed by atoms with Crippen LogP contribution in [0.1, 0.15) is 23.6 Å². The highest BCUT2D eigenvalue weighted by Crippen LogP contribution is 2.44. The first-order valence-electron chi connectivity index (χ1n) is 10.2. The molecule has 5 rings (SSSR count). The zero-order chi connectivity index (χ0) is 20.0. The number of carbonyl (C=O) groups is 2. The van der Waals surface area contributed by atoms with E-state index in [0.717, 1.165) is 24.0 Å². The number of benzene rings is 2. The molecule has 3 heterocycles. The van der Waals surface area contributed by atoms with E-state index in [9.17, 15) is 9.59 Å². The molecule has 0 N–H and O–H groups in total. The van der Waals surface area contributed by atoms with Gasteiger partial charge in [0.25, 0.3) is 0 Å². The number of ether oxygens (including phenoxy) is 1. The van der Waals surface area contributed by atoms with Gasteiger partial charge in [-0.25, -0.2) is 4.79 Å².